The number of rotatable bonds is 2. The molecule has 0 bridgehead atoms. The third kappa shape index (κ3) is 1.51. The monoisotopic (exact) mass is 240 g/mol. The van der Waals surface area contributed by atoms with Gasteiger partial charge in [0.25, 0.3) is 0 Å². The molecule has 0 atom stereocenters. The van der Waals surface area contributed by atoms with Crippen LogP contribution in [0.1, 0.15) is 10.4 Å². The van der Waals surface area contributed by atoms with Crippen LogP contribution in [-0.2, 0) is 0 Å². The van der Waals surface area contributed by atoms with Crippen molar-refractivity contribution in [1.29, 1.82) is 0 Å². The van der Waals surface area contributed by atoms with Gasteiger partial charge in [-0.15, -0.1) is 0 Å². The average molecular weight is 240 g/mol. The Morgan fingerprint density at radius 2 is 2.17 bits per heavy atom. The lowest BCUT2D eigenvalue weighted by Gasteiger charge is -1.96. The third-order valence-electron chi connectivity index (χ3n) is 2.54. The van der Waals surface area contributed by atoms with E-state index in [0.29, 0.717) is 16.9 Å². The first-order valence-corrected chi connectivity index (χ1v) is 5.24. The lowest BCUT2D eigenvalue weighted by atomic mass is 10.1. The van der Waals surface area contributed by atoms with E-state index in [1.54, 1.807) is 36.8 Å². The van der Waals surface area contributed by atoms with Gasteiger partial charge in [0.2, 0.25) is 0 Å². The quantitative estimate of drug-likeness (QED) is 0.734. The van der Waals surface area contributed by atoms with Crippen LogP contribution in [0, 0.1) is 0 Å². The third-order valence-corrected chi connectivity index (χ3v) is 2.54. The number of carboxylic acids is 1. The Labute approximate surface area is 102 Å². The second-order valence-corrected chi connectivity index (χ2v) is 3.66. The molecule has 0 saturated heterocycles. The summed E-state index contributed by atoms with van der Waals surface area (Å²) in [6.45, 7) is 0. The molecule has 0 radical (unpaired) electrons. The van der Waals surface area contributed by atoms with E-state index in [1.807, 2.05) is 0 Å². The smallest absolute Gasteiger partial charge is 0.341 e. The lowest BCUT2D eigenvalue weighted by Crippen LogP contribution is -1.99. The van der Waals surface area contributed by atoms with Crippen LogP contribution in [0.4, 0.5) is 0 Å². The van der Waals surface area contributed by atoms with Gasteiger partial charge < -0.3 is 5.11 Å². The summed E-state index contributed by atoms with van der Waals surface area (Å²) in [6, 6.07) is 5.19. The summed E-state index contributed by atoms with van der Waals surface area (Å²) in [6.07, 6.45) is 6.40. The fourth-order valence-electron chi connectivity index (χ4n) is 1.79. The van der Waals surface area contributed by atoms with E-state index in [4.69, 9.17) is 0 Å². The summed E-state index contributed by atoms with van der Waals surface area (Å²) in [5.74, 6) is -1.05. The van der Waals surface area contributed by atoms with E-state index in [-0.39, 0.29) is 5.56 Å². The molecule has 1 N–H and O–H groups in total. The maximum atomic E-state index is 11.4. The maximum absolute atomic E-state index is 11.4. The van der Waals surface area contributed by atoms with Crippen molar-refractivity contribution in [2.45, 2.75) is 0 Å². The van der Waals surface area contributed by atoms with Crippen LogP contribution in [0.15, 0.2) is 43.0 Å². The SMILES string of the molecule is O=C(O)c1c(-c2cccnc2)nn2cccnc12. The number of fused-ring (bicyclic) bond motifs is 1. The highest BCUT2D eigenvalue weighted by Gasteiger charge is 2.21. The van der Waals surface area contributed by atoms with E-state index < -0.39 is 5.97 Å². The highest BCUT2D eigenvalue weighted by atomic mass is 16.4. The van der Waals surface area contributed by atoms with Crippen molar-refractivity contribution in [3.8, 4) is 11.3 Å². The maximum Gasteiger partial charge on any atom is 0.341 e. The molecule has 6 nitrogen and oxygen atoms in total. The van der Waals surface area contributed by atoms with Gasteiger partial charge in [0.1, 0.15) is 11.3 Å². The lowest BCUT2D eigenvalue weighted by molar-refractivity contribution is 0.0699. The van der Waals surface area contributed by atoms with Gasteiger partial charge in [0.05, 0.1) is 0 Å². The first kappa shape index (κ1) is 10.4. The zero-order valence-electron chi connectivity index (χ0n) is 9.19. The standard InChI is InChI=1S/C12H8N4O2/c17-12(18)9-10(8-3-1-4-13-7-8)15-16-6-2-5-14-11(9)16/h1-7H,(H,17,18). The molecule has 18 heavy (non-hydrogen) atoms. The molecule has 0 fully saturated rings. The molecular weight excluding hydrogens is 232 g/mol. The van der Waals surface area contributed by atoms with Crippen LogP contribution in [0.2, 0.25) is 0 Å². The Kier molecular flexibility index (Phi) is 2.26. The second-order valence-electron chi connectivity index (χ2n) is 3.66. The number of pyridine rings is 1. The molecule has 0 saturated carbocycles. The number of aromatic nitrogens is 4. The number of carbonyl (C=O) groups is 1. The van der Waals surface area contributed by atoms with Gasteiger partial charge in [-0.05, 0) is 18.2 Å². The fourth-order valence-corrected chi connectivity index (χ4v) is 1.79. The molecule has 3 aromatic rings. The molecule has 0 amide bonds. The minimum absolute atomic E-state index is 0.0867. The van der Waals surface area contributed by atoms with Crippen molar-refractivity contribution in [3.05, 3.63) is 48.5 Å². The molecule has 0 spiro atoms. The summed E-state index contributed by atoms with van der Waals surface area (Å²) >= 11 is 0. The van der Waals surface area contributed by atoms with Crippen LogP contribution in [-0.4, -0.2) is 30.7 Å². The molecule has 6 heteroatoms. The normalized spacial score (nSPS) is 10.7. The Hall–Kier alpha value is -2.76. The van der Waals surface area contributed by atoms with Crippen molar-refractivity contribution in [2.75, 3.05) is 0 Å². The number of hydrogen-bond acceptors (Lipinski definition) is 4. The Morgan fingerprint density at radius 1 is 1.28 bits per heavy atom. The zero-order chi connectivity index (χ0) is 12.5. The first-order chi connectivity index (χ1) is 8.77. The molecule has 0 aromatic carbocycles. The topological polar surface area (TPSA) is 80.4 Å². The van der Waals surface area contributed by atoms with E-state index in [0.717, 1.165) is 0 Å². The van der Waals surface area contributed by atoms with Gasteiger partial charge >= 0.3 is 5.97 Å². The van der Waals surface area contributed by atoms with Gasteiger partial charge in [0.15, 0.2) is 5.65 Å². The van der Waals surface area contributed by atoms with E-state index in [2.05, 4.69) is 15.1 Å². The fraction of sp³-hybridized carbons (Fsp3) is 0. The van der Waals surface area contributed by atoms with Crippen LogP contribution in [0.3, 0.4) is 0 Å². The molecule has 0 aliphatic carbocycles. The van der Waals surface area contributed by atoms with E-state index in [1.165, 1.54) is 10.7 Å². The number of hydrogen-bond donors (Lipinski definition) is 1. The van der Waals surface area contributed by atoms with Crippen molar-refractivity contribution < 1.29 is 9.90 Å². The van der Waals surface area contributed by atoms with Gasteiger partial charge in [-0.3, -0.25) is 4.98 Å². The van der Waals surface area contributed by atoms with Gasteiger partial charge in [-0.1, -0.05) is 0 Å². The van der Waals surface area contributed by atoms with Crippen LogP contribution in [0.25, 0.3) is 16.9 Å². The summed E-state index contributed by atoms with van der Waals surface area (Å²) in [7, 11) is 0. The Balaban J connectivity index is 2.36. The zero-order valence-corrected chi connectivity index (χ0v) is 9.19. The molecule has 0 unspecified atom stereocenters. The first-order valence-electron chi connectivity index (χ1n) is 5.24. The molecule has 3 aromatic heterocycles. The van der Waals surface area contributed by atoms with Crippen molar-refractivity contribution in [2.24, 2.45) is 0 Å². The molecule has 0 aliphatic heterocycles. The van der Waals surface area contributed by atoms with Gasteiger partial charge in [-0.25, -0.2) is 14.3 Å². The highest BCUT2D eigenvalue weighted by molar-refractivity contribution is 6.01. The number of carboxylic acid groups (broad SMARTS) is 1. The van der Waals surface area contributed by atoms with Crippen LogP contribution >= 0.6 is 0 Å². The predicted octanol–water partition coefficient (Wildman–Crippen LogP) is 1.49. The van der Waals surface area contributed by atoms with Crippen LogP contribution in [0.5, 0.6) is 0 Å². The highest BCUT2D eigenvalue weighted by Crippen LogP contribution is 2.24. The summed E-state index contributed by atoms with van der Waals surface area (Å²) in [4.78, 5) is 19.4. The van der Waals surface area contributed by atoms with Gasteiger partial charge in [-0.2, -0.15) is 5.10 Å². The molecule has 88 valence electrons. The Morgan fingerprint density at radius 3 is 2.89 bits per heavy atom. The van der Waals surface area contributed by atoms with Crippen molar-refractivity contribution in [3.63, 3.8) is 0 Å². The minimum Gasteiger partial charge on any atom is -0.477 e. The predicted molar refractivity (Wildman–Crippen MR) is 63.2 cm³/mol. The number of nitrogens with zero attached hydrogens (tertiary/aromatic N) is 4. The molecule has 3 rings (SSSR count). The minimum atomic E-state index is -1.05. The average Bonchev–Trinajstić information content (AvgIpc) is 2.79. The second kappa shape index (κ2) is 3.92. The molecule has 0 aliphatic rings. The van der Waals surface area contributed by atoms with E-state index >= 15 is 0 Å². The summed E-state index contributed by atoms with van der Waals surface area (Å²) < 4.78 is 1.45. The van der Waals surface area contributed by atoms with E-state index in [9.17, 15) is 9.90 Å². The molecular formula is C12H8N4O2. The van der Waals surface area contributed by atoms with Crippen molar-refractivity contribution >= 4 is 11.6 Å². The number of aromatic carboxylic acids is 1. The van der Waals surface area contributed by atoms with Crippen LogP contribution < -0.4 is 0 Å². The van der Waals surface area contributed by atoms with Gasteiger partial charge in [0, 0.05) is 30.4 Å². The van der Waals surface area contributed by atoms with Crippen molar-refractivity contribution in [1.82, 2.24) is 19.6 Å². The largest absolute Gasteiger partial charge is 0.477 e. The summed E-state index contributed by atoms with van der Waals surface area (Å²) in [5.41, 5.74) is 1.43. The molecule has 3 heterocycles. The Bertz CT molecular complexity index is 721. The summed E-state index contributed by atoms with van der Waals surface area (Å²) in [5, 5.41) is 13.5.